The maximum absolute atomic E-state index is 6.03. The highest BCUT2D eigenvalue weighted by molar-refractivity contribution is 6.48. The number of benzene rings is 1. The molecule has 0 heterocycles. The van der Waals surface area contributed by atoms with Crippen LogP contribution in [0.4, 0.5) is 0 Å². The van der Waals surface area contributed by atoms with Gasteiger partial charge in [0.05, 0.1) is 20.1 Å². The van der Waals surface area contributed by atoms with Gasteiger partial charge in [-0.25, -0.2) is 0 Å². The van der Waals surface area contributed by atoms with Crippen LogP contribution in [-0.2, 0) is 6.42 Å². The van der Waals surface area contributed by atoms with Gasteiger partial charge in [-0.3, -0.25) is 0 Å². The number of hydrogen-bond donors (Lipinski definition) is 0. The Morgan fingerprint density at radius 1 is 1.07 bits per heavy atom. The van der Waals surface area contributed by atoms with E-state index in [1.54, 1.807) is 13.0 Å². The van der Waals surface area contributed by atoms with Crippen molar-refractivity contribution in [3.63, 3.8) is 0 Å². The Bertz CT molecular complexity index is 400. The lowest BCUT2D eigenvalue weighted by molar-refractivity contribution is 1.03. The third-order valence-electron chi connectivity index (χ3n) is 1.88. The van der Waals surface area contributed by atoms with Crippen molar-refractivity contribution in [1.82, 2.24) is 0 Å². The van der Waals surface area contributed by atoms with E-state index in [-0.39, 0.29) is 0 Å². The second-order valence-electron chi connectivity index (χ2n) is 2.87. The Morgan fingerprint density at radius 3 is 2.07 bits per heavy atom. The molecule has 4 heteroatoms. The number of rotatable bonds is 2. The first-order chi connectivity index (χ1) is 7.07. The van der Waals surface area contributed by atoms with E-state index >= 15 is 0 Å². The molecule has 0 fully saturated rings. The molecule has 0 nitrogen and oxygen atoms in total. The first kappa shape index (κ1) is 13.0. The summed E-state index contributed by atoms with van der Waals surface area (Å²) in [5, 5.41) is 1.77. The third kappa shape index (κ3) is 3.20. The maximum Gasteiger partial charge on any atom is 0.0640 e. The van der Waals surface area contributed by atoms with Crippen LogP contribution in [0.15, 0.2) is 6.07 Å². The molecule has 0 atom stereocenters. The highest BCUT2D eigenvalue weighted by atomic mass is 35.5. The van der Waals surface area contributed by atoms with Gasteiger partial charge in [0, 0.05) is 6.42 Å². The van der Waals surface area contributed by atoms with Crippen LogP contribution in [0, 0.1) is 11.8 Å². The molecule has 0 aromatic heterocycles. The quantitative estimate of drug-likeness (QED) is 0.513. The second kappa shape index (κ2) is 5.87. The van der Waals surface area contributed by atoms with Gasteiger partial charge in [-0.1, -0.05) is 46.4 Å². The van der Waals surface area contributed by atoms with Gasteiger partial charge in [0.25, 0.3) is 0 Å². The highest BCUT2D eigenvalue weighted by Gasteiger charge is 2.12. The molecule has 0 unspecified atom stereocenters. The summed E-state index contributed by atoms with van der Waals surface area (Å²) < 4.78 is 0. The van der Waals surface area contributed by atoms with Gasteiger partial charge in [0.1, 0.15) is 0 Å². The third-order valence-corrected chi connectivity index (χ3v) is 3.53. The van der Waals surface area contributed by atoms with E-state index in [4.69, 9.17) is 46.4 Å². The smallest absolute Gasteiger partial charge is 0.0640 e. The van der Waals surface area contributed by atoms with Crippen molar-refractivity contribution >= 4 is 46.4 Å². The summed E-state index contributed by atoms with van der Waals surface area (Å²) in [5.74, 6) is 5.74. The zero-order valence-corrected chi connectivity index (χ0v) is 11.0. The van der Waals surface area contributed by atoms with E-state index in [9.17, 15) is 0 Å². The molecular weight excluding hydrogens is 274 g/mol. The molecule has 0 aliphatic heterocycles. The molecule has 1 aromatic carbocycles. The van der Waals surface area contributed by atoms with E-state index in [0.29, 0.717) is 32.9 Å². The summed E-state index contributed by atoms with van der Waals surface area (Å²) in [6.07, 6.45) is 1.34. The molecule has 0 saturated carbocycles. The van der Waals surface area contributed by atoms with E-state index in [1.165, 1.54) is 0 Å². The summed E-state index contributed by atoms with van der Waals surface area (Å²) >= 11 is 23.8. The van der Waals surface area contributed by atoms with Crippen molar-refractivity contribution in [2.24, 2.45) is 0 Å². The molecule has 0 bridgehead atoms. The average molecular weight is 282 g/mol. The zero-order chi connectivity index (χ0) is 11.4. The van der Waals surface area contributed by atoms with E-state index in [0.717, 1.165) is 5.56 Å². The SMILES string of the molecule is CC#CCCc1c(Cl)c(Cl)cc(Cl)c1Cl. The van der Waals surface area contributed by atoms with Crippen LogP contribution in [0.3, 0.4) is 0 Å². The molecule has 0 saturated heterocycles. The molecule has 1 rings (SSSR count). The van der Waals surface area contributed by atoms with Gasteiger partial charge in [-0.05, 0) is 25.0 Å². The minimum absolute atomic E-state index is 0.422. The van der Waals surface area contributed by atoms with Crippen LogP contribution >= 0.6 is 46.4 Å². The fraction of sp³-hybridized carbons (Fsp3) is 0.273. The lowest BCUT2D eigenvalue weighted by Gasteiger charge is -2.08. The lowest BCUT2D eigenvalue weighted by atomic mass is 10.1. The predicted molar refractivity (Wildman–Crippen MR) is 68.3 cm³/mol. The zero-order valence-electron chi connectivity index (χ0n) is 8.00. The summed E-state index contributed by atoms with van der Waals surface area (Å²) in [4.78, 5) is 0. The Hall–Kier alpha value is -0.0600. The van der Waals surface area contributed by atoms with E-state index in [1.807, 2.05) is 0 Å². The van der Waals surface area contributed by atoms with Crippen LogP contribution in [0.5, 0.6) is 0 Å². The van der Waals surface area contributed by atoms with Gasteiger partial charge in [0.15, 0.2) is 0 Å². The van der Waals surface area contributed by atoms with Crippen LogP contribution in [-0.4, -0.2) is 0 Å². The molecule has 1 aromatic rings. The largest absolute Gasteiger partial charge is 0.107 e. The Balaban J connectivity index is 3.07. The molecule has 0 amide bonds. The Morgan fingerprint density at radius 2 is 1.60 bits per heavy atom. The number of hydrogen-bond acceptors (Lipinski definition) is 0. The van der Waals surface area contributed by atoms with Crippen molar-refractivity contribution < 1.29 is 0 Å². The van der Waals surface area contributed by atoms with E-state index in [2.05, 4.69) is 11.8 Å². The molecule has 0 radical (unpaired) electrons. The van der Waals surface area contributed by atoms with Gasteiger partial charge in [0.2, 0.25) is 0 Å². The van der Waals surface area contributed by atoms with Crippen LogP contribution in [0.25, 0.3) is 0 Å². The van der Waals surface area contributed by atoms with E-state index < -0.39 is 0 Å². The van der Waals surface area contributed by atoms with Crippen molar-refractivity contribution in [3.8, 4) is 11.8 Å². The first-order valence-corrected chi connectivity index (χ1v) is 5.80. The van der Waals surface area contributed by atoms with Crippen molar-refractivity contribution in [1.29, 1.82) is 0 Å². The van der Waals surface area contributed by atoms with Gasteiger partial charge >= 0.3 is 0 Å². The fourth-order valence-electron chi connectivity index (χ4n) is 1.15. The maximum atomic E-state index is 6.03. The van der Waals surface area contributed by atoms with Crippen LogP contribution < -0.4 is 0 Å². The van der Waals surface area contributed by atoms with Crippen LogP contribution in [0.2, 0.25) is 20.1 Å². The monoisotopic (exact) mass is 280 g/mol. The molecule has 80 valence electrons. The Labute approximate surface area is 109 Å². The normalized spacial score (nSPS) is 9.67. The molecule has 15 heavy (non-hydrogen) atoms. The minimum atomic E-state index is 0.422. The summed E-state index contributed by atoms with van der Waals surface area (Å²) in [5.41, 5.74) is 0.763. The molecule has 0 spiro atoms. The minimum Gasteiger partial charge on any atom is -0.107 e. The highest BCUT2D eigenvalue weighted by Crippen LogP contribution is 2.37. The van der Waals surface area contributed by atoms with Gasteiger partial charge in [-0.15, -0.1) is 11.8 Å². The average Bonchev–Trinajstić information content (AvgIpc) is 2.20. The topological polar surface area (TPSA) is 0 Å². The predicted octanol–water partition coefficient (Wildman–Crippen LogP) is 5.26. The molecular formula is C11H8Cl4. The standard InChI is InChI=1S/C11H8Cl4/c1-2-3-4-5-7-10(14)8(12)6-9(13)11(7)15/h6H,4-5H2,1H3. The van der Waals surface area contributed by atoms with Crippen molar-refractivity contribution in [3.05, 3.63) is 31.7 Å². The van der Waals surface area contributed by atoms with Crippen molar-refractivity contribution in [2.45, 2.75) is 19.8 Å². The second-order valence-corrected chi connectivity index (χ2v) is 4.44. The molecule has 0 aliphatic rings. The first-order valence-electron chi connectivity index (χ1n) is 4.29. The van der Waals surface area contributed by atoms with Gasteiger partial charge in [-0.2, -0.15) is 0 Å². The van der Waals surface area contributed by atoms with Crippen molar-refractivity contribution in [2.75, 3.05) is 0 Å². The number of halogens is 4. The van der Waals surface area contributed by atoms with Gasteiger partial charge < -0.3 is 0 Å². The summed E-state index contributed by atoms with van der Waals surface area (Å²) in [6, 6.07) is 1.54. The summed E-state index contributed by atoms with van der Waals surface area (Å²) in [7, 11) is 0. The Kier molecular flexibility index (Phi) is 5.09. The molecule has 0 aliphatic carbocycles. The lowest BCUT2D eigenvalue weighted by Crippen LogP contribution is -1.89. The summed E-state index contributed by atoms with van der Waals surface area (Å²) in [6.45, 7) is 1.79. The fourth-order valence-corrected chi connectivity index (χ4v) is 2.19. The molecule has 0 N–H and O–H groups in total. The van der Waals surface area contributed by atoms with Crippen LogP contribution in [0.1, 0.15) is 18.9 Å².